The van der Waals surface area contributed by atoms with Crippen LogP contribution in [0.4, 0.5) is 4.79 Å². The lowest BCUT2D eigenvalue weighted by Crippen LogP contribution is -2.44. The Bertz CT molecular complexity index is 355. The Labute approximate surface area is 125 Å². The van der Waals surface area contributed by atoms with Gasteiger partial charge in [-0.25, -0.2) is 4.79 Å². The van der Waals surface area contributed by atoms with Gasteiger partial charge in [-0.1, -0.05) is 0 Å². The van der Waals surface area contributed by atoms with Crippen molar-refractivity contribution in [3.63, 3.8) is 0 Å². The van der Waals surface area contributed by atoms with Gasteiger partial charge >= 0.3 is 12.1 Å². The maximum absolute atomic E-state index is 12.0. The summed E-state index contributed by atoms with van der Waals surface area (Å²) < 4.78 is 10.5. The van der Waals surface area contributed by atoms with E-state index in [9.17, 15) is 14.7 Å². The minimum absolute atomic E-state index is 0.0607. The van der Waals surface area contributed by atoms with E-state index in [1.54, 1.807) is 41.5 Å². The molecule has 124 valence electrons. The van der Waals surface area contributed by atoms with E-state index >= 15 is 0 Å². The zero-order valence-corrected chi connectivity index (χ0v) is 13.7. The summed E-state index contributed by atoms with van der Waals surface area (Å²) in [6, 6.07) is 0. The highest BCUT2D eigenvalue weighted by Gasteiger charge is 2.26. The fraction of sp³-hybridized carbons (Fsp3) is 0.857. The molecule has 7 heteroatoms. The van der Waals surface area contributed by atoms with Crippen LogP contribution in [0.2, 0.25) is 0 Å². The third-order valence-corrected chi connectivity index (χ3v) is 2.11. The van der Waals surface area contributed by atoms with Crippen molar-refractivity contribution in [1.82, 2.24) is 4.90 Å². The Morgan fingerprint density at radius 1 is 1.10 bits per heavy atom. The first-order valence-corrected chi connectivity index (χ1v) is 6.86. The molecule has 1 unspecified atom stereocenters. The predicted octanol–water partition coefficient (Wildman–Crippen LogP) is 1.83. The van der Waals surface area contributed by atoms with Gasteiger partial charge in [0.25, 0.3) is 0 Å². The van der Waals surface area contributed by atoms with Crippen LogP contribution >= 0.6 is 0 Å². The number of carbonyl (C=O) groups excluding carboxylic acids is 1. The molecule has 0 radical (unpaired) electrons. The molecule has 0 heterocycles. The zero-order chi connectivity index (χ0) is 16.8. The second-order valence-corrected chi connectivity index (χ2v) is 6.75. The maximum atomic E-state index is 12.0. The summed E-state index contributed by atoms with van der Waals surface area (Å²) in [5, 5.41) is 18.6. The van der Waals surface area contributed by atoms with Crippen molar-refractivity contribution >= 4 is 12.1 Å². The third-order valence-electron chi connectivity index (χ3n) is 2.11. The van der Waals surface area contributed by atoms with Crippen molar-refractivity contribution in [3.8, 4) is 0 Å². The summed E-state index contributed by atoms with van der Waals surface area (Å²) in [5.74, 6) is -1.03. The highest BCUT2D eigenvalue weighted by molar-refractivity contribution is 5.70. The van der Waals surface area contributed by atoms with E-state index in [0.29, 0.717) is 0 Å². The topological polar surface area (TPSA) is 96.3 Å². The number of carboxylic acid groups (broad SMARTS) is 1. The molecule has 0 aromatic heterocycles. The SMILES string of the molecule is CC(C)(C)OC(=O)N(CCC(=O)O)CC(O)OC(C)(C)C. The van der Waals surface area contributed by atoms with Crippen molar-refractivity contribution in [1.29, 1.82) is 0 Å². The average molecular weight is 305 g/mol. The van der Waals surface area contributed by atoms with Crippen molar-refractivity contribution in [3.05, 3.63) is 0 Å². The van der Waals surface area contributed by atoms with Gasteiger partial charge in [0.1, 0.15) is 5.60 Å². The van der Waals surface area contributed by atoms with Gasteiger partial charge in [0.05, 0.1) is 18.6 Å². The number of amides is 1. The standard InChI is InChI=1S/C14H27NO6/c1-13(2,3)20-11(18)9-15(8-7-10(16)17)12(19)21-14(4,5)6/h11,18H,7-9H2,1-6H3,(H,16,17). The van der Waals surface area contributed by atoms with Crippen molar-refractivity contribution in [2.24, 2.45) is 0 Å². The normalized spacial score (nSPS) is 13.7. The van der Waals surface area contributed by atoms with Crippen LogP contribution in [0.15, 0.2) is 0 Å². The van der Waals surface area contributed by atoms with E-state index in [1.165, 1.54) is 0 Å². The van der Waals surface area contributed by atoms with Gasteiger partial charge in [0, 0.05) is 6.54 Å². The molecule has 2 N–H and O–H groups in total. The number of nitrogens with zero attached hydrogens (tertiary/aromatic N) is 1. The second-order valence-electron chi connectivity index (χ2n) is 6.75. The van der Waals surface area contributed by atoms with Gasteiger partial charge in [-0.2, -0.15) is 0 Å². The molecule has 1 amide bonds. The number of hydrogen-bond donors (Lipinski definition) is 2. The third kappa shape index (κ3) is 11.0. The Morgan fingerprint density at radius 3 is 2.00 bits per heavy atom. The Hall–Kier alpha value is -1.34. The summed E-state index contributed by atoms with van der Waals surface area (Å²) in [7, 11) is 0. The highest BCUT2D eigenvalue weighted by atomic mass is 16.6. The van der Waals surface area contributed by atoms with Gasteiger partial charge in [0.2, 0.25) is 0 Å². The molecule has 0 aliphatic carbocycles. The molecule has 0 spiro atoms. The molecular weight excluding hydrogens is 278 g/mol. The maximum Gasteiger partial charge on any atom is 0.410 e. The Morgan fingerprint density at radius 2 is 1.62 bits per heavy atom. The molecular formula is C14H27NO6. The van der Waals surface area contributed by atoms with Crippen LogP contribution in [-0.2, 0) is 14.3 Å². The molecule has 0 aromatic rings. The van der Waals surface area contributed by atoms with Crippen LogP contribution < -0.4 is 0 Å². The molecule has 0 aliphatic rings. The number of aliphatic carboxylic acids is 1. The van der Waals surface area contributed by atoms with E-state index in [0.717, 1.165) is 4.90 Å². The number of carboxylic acids is 1. The lowest BCUT2D eigenvalue weighted by molar-refractivity contribution is -0.173. The van der Waals surface area contributed by atoms with Crippen LogP contribution in [-0.4, -0.2) is 57.8 Å². The molecule has 0 bridgehead atoms. The van der Waals surface area contributed by atoms with Crippen LogP contribution in [0, 0.1) is 0 Å². The lowest BCUT2D eigenvalue weighted by Gasteiger charge is -2.30. The van der Waals surface area contributed by atoms with Gasteiger partial charge in [-0.15, -0.1) is 0 Å². The second kappa shape index (κ2) is 7.61. The molecule has 0 aliphatic heterocycles. The fourth-order valence-electron chi connectivity index (χ4n) is 1.45. The van der Waals surface area contributed by atoms with Gasteiger partial charge in [-0.05, 0) is 41.5 Å². The lowest BCUT2D eigenvalue weighted by atomic mass is 10.2. The largest absolute Gasteiger partial charge is 0.481 e. The minimum Gasteiger partial charge on any atom is -0.481 e. The van der Waals surface area contributed by atoms with Crippen molar-refractivity contribution in [2.45, 2.75) is 65.5 Å². The first-order chi connectivity index (χ1) is 9.30. The molecule has 21 heavy (non-hydrogen) atoms. The Balaban J connectivity index is 4.73. The number of ether oxygens (including phenoxy) is 2. The molecule has 0 fully saturated rings. The summed E-state index contributed by atoms with van der Waals surface area (Å²) >= 11 is 0. The zero-order valence-electron chi connectivity index (χ0n) is 13.7. The number of carbonyl (C=O) groups is 2. The smallest absolute Gasteiger partial charge is 0.410 e. The fourth-order valence-corrected chi connectivity index (χ4v) is 1.45. The van der Waals surface area contributed by atoms with Crippen molar-refractivity contribution in [2.75, 3.05) is 13.1 Å². The molecule has 1 atom stereocenters. The number of aliphatic hydroxyl groups excluding tert-OH is 1. The quantitative estimate of drug-likeness (QED) is 0.727. The van der Waals surface area contributed by atoms with E-state index in [1.807, 2.05) is 0 Å². The van der Waals surface area contributed by atoms with E-state index in [-0.39, 0.29) is 19.5 Å². The van der Waals surface area contributed by atoms with Gasteiger partial charge < -0.3 is 24.6 Å². The van der Waals surface area contributed by atoms with Gasteiger partial charge in [-0.3, -0.25) is 4.79 Å². The van der Waals surface area contributed by atoms with Crippen LogP contribution in [0.3, 0.4) is 0 Å². The first kappa shape index (κ1) is 19.7. The summed E-state index contributed by atoms with van der Waals surface area (Å²) in [6.07, 6.45) is -2.13. The highest BCUT2D eigenvalue weighted by Crippen LogP contribution is 2.13. The number of rotatable bonds is 6. The minimum atomic E-state index is -1.22. The van der Waals surface area contributed by atoms with E-state index in [2.05, 4.69) is 0 Å². The van der Waals surface area contributed by atoms with Crippen LogP contribution in [0.25, 0.3) is 0 Å². The number of hydrogen-bond acceptors (Lipinski definition) is 5. The molecule has 0 aromatic carbocycles. The molecule has 0 saturated carbocycles. The van der Waals surface area contributed by atoms with E-state index < -0.39 is 29.6 Å². The summed E-state index contributed by atoms with van der Waals surface area (Å²) in [4.78, 5) is 23.8. The van der Waals surface area contributed by atoms with E-state index in [4.69, 9.17) is 14.6 Å². The van der Waals surface area contributed by atoms with Crippen LogP contribution in [0.5, 0.6) is 0 Å². The molecule has 0 rings (SSSR count). The number of aliphatic hydroxyl groups is 1. The molecule has 7 nitrogen and oxygen atoms in total. The summed E-state index contributed by atoms with van der Waals surface area (Å²) in [6.45, 7) is 10.2. The average Bonchev–Trinajstić information content (AvgIpc) is 2.18. The van der Waals surface area contributed by atoms with Gasteiger partial charge in [0.15, 0.2) is 6.29 Å². The molecule has 0 saturated heterocycles. The predicted molar refractivity (Wildman–Crippen MR) is 76.9 cm³/mol. The van der Waals surface area contributed by atoms with Crippen molar-refractivity contribution < 1.29 is 29.3 Å². The monoisotopic (exact) mass is 305 g/mol. The first-order valence-electron chi connectivity index (χ1n) is 6.86. The Kier molecular flexibility index (Phi) is 7.12. The summed E-state index contributed by atoms with van der Waals surface area (Å²) in [5.41, 5.74) is -1.28. The van der Waals surface area contributed by atoms with Crippen LogP contribution in [0.1, 0.15) is 48.0 Å².